The molecule has 1 aliphatic rings. The van der Waals surface area contributed by atoms with Gasteiger partial charge in [-0.15, -0.1) is 0 Å². The number of anilines is 1. The largest absolute Gasteiger partial charge is 0.510 e. The molecule has 4 atom stereocenters. The van der Waals surface area contributed by atoms with Gasteiger partial charge in [0.2, 0.25) is 13.6 Å². The minimum absolute atomic E-state index is 0.129. The van der Waals surface area contributed by atoms with Crippen molar-refractivity contribution in [1.82, 2.24) is 9.55 Å². The van der Waals surface area contributed by atoms with Gasteiger partial charge in [0.15, 0.2) is 12.4 Å². The third-order valence-electron chi connectivity index (χ3n) is 4.89. The molecule has 0 unspecified atom stereocenters. The molecule has 0 spiro atoms. The maximum Gasteiger partial charge on any atom is 0.510 e. The number of alkyl halides is 1. The highest BCUT2D eigenvalue weighted by molar-refractivity contribution is 7.48. The number of methoxy groups -OCH3 is 1. The van der Waals surface area contributed by atoms with Crippen LogP contribution in [0.2, 0.25) is 0 Å². The molecule has 1 aromatic rings. The fourth-order valence-electron chi connectivity index (χ4n) is 3.21. The minimum atomic E-state index is -4.81. The van der Waals surface area contributed by atoms with E-state index in [1.807, 2.05) is 0 Å². The van der Waals surface area contributed by atoms with Gasteiger partial charge in [-0.1, -0.05) is 0 Å². The number of carbonyl (C=O) groups excluding carboxylic acids is 2. The first-order chi connectivity index (χ1) is 18.7. The lowest BCUT2D eigenvalue weighted by Crippen LogP contribution is -2.49. The molecular weight excluding hydrogens is 568 g/mol. The second kappa shape index (κ2) is 14.7. The van der Waals surface area contributed by atoms with Crippen molar-refractivity contribution in [1.29, 1.82) is 0 Å². The first-order valence-electron chi connectivity index (χ1n) is 11.8. The summed E-state index contributed by atoms with van der Waals surface area (Å²) in [5.41, 5.74) is 2.42. The van der Waals surface area contributed by atoms with Crippen LogP contribution in [0.25, 0.3) is 0 Å². The average molecular weight is 601 g/mol. The Bertz CT molecular complexity index is 1070. The number of hydrogen-bond acceptors (Lipinski definition) is 16. The molecule has 1 aliphatic heterocycles. The predicted octanol–water partition coefficient (Wildman–Crippen LogP) is 1.63. The summed E-state index contributed by atoms with van der Waals surface area (Å²) in [4.78, 5) is 39.0. The highest BCUT2D eigenvalue weighted by Gasteiger charge is 2.57. The Balaban J connectivity index is 2.20. The smallest absolute Gasteiger partial charge is 0.432 e. The lowest BCUT2D eigenvalue weighted by molar-refractivity contribution is -0.157. The minimum Gasteiger partial charge on any atom is -0.432 e. The van der Waals surface area contributed by atoms with Crippen molar-refractivity contribution in [2.45, 2.75) is 64.0 Å². The van der Waals surface area contributed by atoms with E-state index in [4.69, 9.17) is 38.3 Å². The van der Waals surface area contributed by atoms with Gasteiger partial charge in [0, 0.05) is 13.3 Å². The molecule has 0 bridgehead atoms. The molecule has 1 aromatic heterocycles. The van der Waals surface area contributed by atoms with Gasteiger partial charge in [0.05, 0.1) is 25.4 Å². The number of nitrogen functional groups attached to an aromatic ring is 1. The number of rotatable bonds is 14. The predicted molar refractivity (Wildman–Crippen MR) is 129 cm³/mol. The highest BCUT2D eigenvalue weighted by Crippen LogP contribution is 2.51. The van der Waals surface area contributed by atoms with Crippen LogP contribution in [-0.4, -0.2) is 91.0 Å². The molecule has 1 fully saturated rings. The van der Waals surface area contributed by atoms with E-state index in [-0.39, 0.29) is 5.82 Å². The monoisotopic (exact) mass is 601 g/mol. The zero-order valence-electron chi connectivity index (χ0n) is 22.4. The Morgan fingerprint density at radius 2 is 1.68 bits per heavy atom. The number of ether oxygens (including phenoxy) is 6. The second-order valence-electron chi connectivity index (χ2n) is 8.77. The number of hydrogen-bond donors (Lipinski definition) is 2. The Labute approximate surface area is 228 Å². The summed E-state index contributed by atoms with van der Waals surface area (Å²) >= 11 is 0. The lowest BCUT2D eigenvalue weighted by Gasteiger charge is -2.31. The quantitative estimate of drug-likeness (QED) is 0.176. The van der Waals surface area contributed by atoms with Gasteiger partial charge >= 0.3 is 25.8 Å². The lowest BCUT2D eigenvalue weighted by atomic mass is 9.98. The number of aromatic nitrogens is 2. The van der Waals surface area contributed by atoms with Crippen LogP contribution < -0.4 is 11.4 Å². The molecule has 19 heteroatoms. The molecule has 0 aliphatic carbocycles. The third kappa shape index (κ3) is 9.36. The number of phosphoric acid groups is 1. The van der Waals surface area contributed by atoms with E-state index in [2.05, 4.69) is 14.5 Å². The van der Waals surface area contributed by atoms with Gasteiger partial charge in [0.25, 0.3) is 0 Å². The van der Waals surface area contributed by atoms with Gasteiger partial charge in [-0.2, -0.15) is 4.98 Å². The zero-order chi connectivity index (χ0) is 30.1. The summed E-state index contributed by atoms with van der Waals surface area (Å²) < 4.78 is 73.8. The Morgan fingerprint density at radius 3 is 2.15 bits per heavy atom. The molecule has 1 saturated heterocycles. The van der Waals surface area contributed by atoms with Gasteiger partial charge in [-0.25, -0.2) is 32.4 Å². The summed E-state index contributed by atoms with van der Waals surface area (Å²) in [6, 6.07) is 1.21. The second-order valence-corrected chi connectivity index (χ2v) is 10.4. The molecule has 0 amide bonds. The van der Waals surface area contributed by atoms with E-state index in [1.165, 1.54) is 13.2 Å². The van der Waals surface area contributed by atoms with Crippen molar-refractivity contribution >= 4 is 26.0 Å². The van der Waals surface area contributed by atoms with Crippen LogP contribution in [0.1, 0.15) is 33.9 Å². The van der Waals surface area contributed by atoms with E-state index in [0.717, 1.165) is 10.8 Å². The molecule has 228 valence electrons. The molecule has 0 saturated carbocycles. The van der Waals surface area contributed by atoms with Gasteiger partial charge < -0.3 is 39.3 Å². The molecule has 3 N–H and O–H groups in total. The SMILES string of the molecule is COC[C@]1(COP(=O)(OCOC(=O)OC(C)C)OCOC(=O)OC(C)C)O[C@@H](n2ccc(N)nc2=O)[C@H](F)[C@@H]1O. The molecule has 40 heavy (non-hydrogen) atoms. The number of nitrogens with two attached hydrogens (primary N) is 1. The number of aliphatic hydroxyl groups excluding tert-OH is 1. The molecular formula is C21H33FN3O14P. The molecule has 2 rings (SSSR count). The Kier molecular flexibility index (Phi) is 12.2. The van der Waals surface area contributed by atoms with Crippen LogP contribution in [0.5, 0.6) is 0 Å². The van der Waals surface area contributed by atoms with Gasteiger partial charge in [-0.05, 0) is 33.8 Å². The fraction of sp³-hybridized carbons (Fsp3) is 0.714. The van der Waals surface area contributed by atoms with E-state index in [1.54, 1.807) is 27.7 Å². The number of carbonyl (C=O) groups is 2. The van der Waals surface area contributed by atoms with Gasteiger partial charge in [0.1, 0.15) is 17.5 Å². The highest BCUT2D eigenvalue weighted by atomic mass is 31.2. The van der Waals surface area contributed by atoms with E-state index >= 15 is 4.39 Å². The van der Waals surface area contributed by atoms with Crippen molar-refractivity contribution in [2.75, 3.05) is 39.6 Å². The summed E-state index contributed by atoms with van der Waals surface area (Å²) in [6.07, 6.45) is -8.23. The van der Waals surface area contributed by atoms with Crippen LogP contribution in [0.15, 0.2) is 17.1 Å². The summed E-state index contributed by atoms with van der Waals surface area (Å²) in [7, 11) is -3.61. The van der Waals surface area contributed by atoms with Crippen molar-refractivity contribution in [3.05, 3.63) is 22.7 Å². The summed E-state index contributed by atoms with van der Waals surface area (Å²) in [5, 5.41) is 10.7. The number of aliphatic hydroxyl groups is 1. The number of phosphoric ester groups is 1. The van der Waals surface area contributed by atoms with Crippen molar-refractivity contribution in [3.8, 4) is 0 Å². The molecule has 2 heterocycles. The Morgan fingerprint density at radius 1 is 1.12 bits per heavy atom. The maximum atomic E-state index is 15.2. The van der Waals surface area contributed by atoms with E-state index in [0.29, 0.717) is 0 Å². The van der Waals surface area contributed by atoms with Crippen LogP contribution >= 0.6 is 7.82 Å². The fourth-order valence-corrected chi connectivity index (χ4v) is 4.17. The summed E-state index contributed by atoms with van der Waals surface area (Å²) in [5.74, 6) is -0.129. The molecule has 0 aromatic carbocycles. The van der Waals surface area contributed by atoms with Gasteiger partial charge in [-0.3, -0.25) is 9.09 Å². The standard InChI is InChI=1S/C21H33FN3O14P/c1-12(2)37-19(28)32-10-35-40(30,36-11-33-20(29)38-13(3)4)34-9-21(8-31-5)16(26)15(22)17(39-21)25-7-6-14(23)24-18(25)27/h6-7,12-13,15-17,26H,8-11H2,1-5H3,(H2,23,24,27)/t15-,16+,17-,21-/m1/s1. The van der Waals surface area contributed by atoms with E-state index < -0.39 is 88.9 Å². The normalized spacial score (nSPS) is 22.9. The summed E-state index contributed by atoms with van der Waals surface area (Å²) in [6.45, 7) is 2.73. The van der Waals surface area contributed by atoms with Crippen LogP contribution in [0, 0.1) is 0 Å². The van der Waals surface area contributed by atoms with Crippen LogP contribution in [0.4, 0.5) is 19.8 Å². The van der Waals surface area contributed by atoms with Crippen LogP contribution in [-0.2, 0) is 46.6 Å². The first kappa shape index (κ1) is 33.3. The first-order valence-corrected chi connectivity index (χ1v) is 13.2. The third-order valence-corrected chi connectivity index (χ3v) is 6.18. The maximum absolute atomic E-state index is 15.2. The number of halogens is 1. The molecule has 17 nitrogen and oxygen atoms in total. The number of nitrogens with zero attached hydrogens (tertiary/aromatic N) is 2. The zero-order valence-corrected chi connectivity index (χ0v) is 23.3. The van der Waals surface area contributed by atoms with Crippen LogP contribution in [0.3, 0.4) is 0 Å². The molecule has 0 radical (unpaired) electrons. The van der Waals surface area contributed by atoms with Crippen molar-refractivity contribution in [2.24, 2.45) is 0 Å². The average Bonchev–Trinajstić information content (AvgIpc) is 3.08. The van der Waals surface area contributed by atoms with Crippen molar-refractivity contribution in [3.63, 3.8) is 0 Å². The van der Waals surface area contributed by atoms with Crippen molar-refractivity contribution < 1.29 is 65.6 Å². The van der Waals surface area contributed by atoms with E-state index in [9.17, 15) is 24.1 Å². The Hall–Kier alpha value is -2.86. The topological polar surface area (TPSA) is 215 Å².